The van der Waals surface area contributed by atoms with Crippen LogP contribution in [-0.2, 0) is 23.4 Å². The number of nitrogens with zero attached hydrogens (tertiary/aromatic N) is 4. The maximum Gasteiger partial charge on any atom is 0.459 e. The van der Waals surface area contributed by atoms with E-state index in [1.54, 1.807) is 42.5 Å². The number of nitrogen functional groups attached to an aromatic ring is 1. The molecule has 0 unspecified atom stereocenters. The van der Waals surface area contributed by atoms with Crippen molar-refractivity contribution in [2.75, 3.05) is 12.3 Å². The Morgan fingerprint density at radius 3 is 2.61 bits per heavy atom. The van der Waals surface area contributed by atoms with Gasteiger partial charge in [0.2, 0.25) is 5.60 Å². The number of rotatable bonds is 10. The molecule has 3 heterocycles. The number of para-hydroxylation sites is 1. The molecule has 1 aromatic carbocycles. The van der Waals surface area contributed by atoms with Crippen LogP contribution in [0.3, 0.4) is 0 Å². The van der Waals surface area contributed by atoms with Gasteiger partial charge in [-0.15, -0.1) is 0 Å². The molecule has 0 radical (unpaired) electrons. The zero-order chi connectivity index (χ0) is 31.3. The van der Waals surface area contributed by atoms with Crippen molar-refractivity contribution in [3.63, 3.8) is 0 Å². The molecule has 1 saturated heterocycles. The minimum absolute atomic E-state index is 0.164. The predicted molar refractivity (Wildman–Crippen MR) is 157 cm³/mol. The molecule has 44 heavy (non-hydrogen) atoms. The molecule has 2 aromatic heterocycles. The summed E-state index contributed by atoms with van der Waals surface area (Å²) in [5.41, 5.74) is 4.47. The van der Waals surface area contributed by atoms with Crippen LogP contribution in [0.1, 0.15) is 63.7 Å². The zero-order valence-corrected chi connectivity index (χ0v) is 25.2. The summed E-state index contributed by atoms with van der Waals surface area (Å²) in [6, 6.07) is 12.1. The molecular weight excluding hydrogens is 591 g/mol. The van der Waals surface area contributed by atoms with E-state index in [2.05, 4.69) is 15.2 Å². The standard InChI is InChI=1S/C29H37N6O8P/c1-19(28(38)41-20-10-6-3-2-4-7-11-20)34-44(39,43-21-12-8-5-9-13-21)40-17-29(16-30)26(37)24(36)25(42-29)22-14-15-23-27(31)32-18-33-35(22)23/h5,8-9,12-15,18-20,24-26,36-37H,2-4,6-7,10-11,17H2,1H3,(H,34,39)(H2,31,32,33)/t19-,24-,25-,26-,29+,44+/m0/s1. The average Bonchev–Trinajstić information content (AvgIpc) is 3.53. The first-order valence-corrected chi connectivity index (χ1v) is 16.2. The molecule has 0 spiro atoms. The Balaban J connectivity index is 1.34. The van der Waals surface area contributed by atoms with E-state index in [1.807, 2.05) is 6.07 Å². The summed E-state index contributed by atoms with van der Waals surface area (Å²) in [5, 5.41) is 38.9. The van der Waals surface area contributed by atoms with Gasteiger partial charge in [-0.2, -0.15) is 15.4 Å². The fourth-order valence-corrected chi connectivity index (χ4v) is 6.98. The fraction of sp³-hybridized carbons (Fsp3) is 0.517. The van der Waals surface area contributed by atoms with Gasteiger partial charge in [0, 0.05) is 0 Å². The van der Waals surface area contributed by atoms with Gasteiger partial charge in [0.05, 0.1) is 5.69 Å². The molecular formula is C29H37N6O8P. The molecule has 0 amide bonds. The first-order chi connectivity index (χ1) is 21.1. The van der Waals surface area contributed by atoms with Gasteiger partial charge in [0.15, 0.2) is 5.82 Å². The Morgan fingerprint density at radius 1 is 1.20 bits per heavy atom. The highest BCUT2D eigenvalue weighted by molar-refractivity contribution is 7.52. The normalized spacial score (nSPS) is 26.6. The Morgan fingerprint density at radius 2 is 1.91 bits per heavy atom. The van der Waals surface area contributed by atoms with E-state index in [0.717, 1.165) is 38.5 Å². The molecule has 15 heteroatoms. The Labute approximate surface area is 254 Å². The van der Waals surface area contributed by atoms with Gasteiger partial charge in [-0.05, 0) is 56.9 Å². The second-order valence-electron chi connectivity index (χ2n) is 11.1. The lowest BCUT2D eigenvalue weighted by atomic mass is 9.96. The molecule has 1 aliphatic heterocycles. The van der Waals surface area contributed by atoms with Crippen LogP contribution in [0.5, 0.6) is 5.75 Å². The maximum atomic E-state index is 14.1. The van der Waals surface area contributed by atoms with E-state index < -0.39 is 50.3 Å². The molecule has 3 aromatic rings. The van der Waals surface area contributed by atoms with Crippen LogP contribution in [-0.4, -0.2) is 67.3 Å². The summed E-state index contributed by atoms with van der Waals surface area (Å²) in [6.45, 7) is 0.682. The monoisotopic (exact) mass is 628 g/mol. The van der Waals surface area contributed by atoms with Crippen LogP contribution < -0.4 is 15.3 Å². The number of nitriles is 1. The van der Waals surface area contributed by atoms with Crippen LogP contribution in [0.15, 0.2) is 48.8 Å². The zero-order valence-electron chi connectivity index (χ0n) is 24.3. The van der Waals surface area contributed by atoms with Gasteiger partial charge >= 0.3 is 13.7 Å². The maximum absolute atomic E-state index is 14.1. The van der Waals surface area contributed by atoms with E-state index in [-0.39, 0.29) is 17.7 Å². The number of aromatic nitrogens is 3. The second-order valence-corrected chi connectivity index (χ2v) is 12.8. The number of esters is 1. The highest BCUT2D eigenvalue weighted by Crippen LogP contribution is 2.48. The quantitative estimate of drug-likeness (QED) is 0.188. The van der Waals surface area contributed by atoms with Crippen LogP contribution in [0, 0.1) is 11.3 Å². The summed E-state index contributed by atoms with van der Waals surface area (Å²) in [5.74, 6) is -0.279. The van der Waals surface area contributed by atoms with Crippen molar-refractivity contribution < 1.29 is 38.1 Å². The molecule has 2 aliphatic rings. The fourth-order valence-electron chi connectivity index (χ4n) is 5.46. The molecule has 14 nitrogen and oxygen atoms in total. The van der Waals surface area contributed by atoms with E-state index in [1.165, 1.54) is 24.2 Å². The van der Waals surface area contributed by atoms with Crippen molar-refractivity contribution in [3.8, 4) is 11.8 Å². The van der Waals surface area contributed by atoms with Crippen LogP contribution in [0.25, 0.3) is 5.52 Å². The lowest BCUT2D eigenvalue weighted by Gasteiger charge is -2.29. The third-order valence-corrected chi connectivity index (χ3v) is 9.52. The van der Waals surface area contributed by atoms with Crippen molar-refractivity contribution in [1.82, 2.24) is 19.7 Å². The van der Waals surface area contributed by atoms with Gasteiger partial charge in [0.1, 0.15) is 60.7 Å². The number of nitrogens with one attached hydrogen (secondary N) is 1. The SMILES string of the molecule is C[C@H](N[P@@](=O)(OC[C@@]1(C#N)O[C@@H](c2ccc3c(N)ncnn23)[C@H](O)[C@@H]1O)Oc1ccccc1)C(=O)OC1CCCCCCC1. The second kappa shape index (κ2) is 13.6. The number of hydrogen-bond acceptors (Lipinski definition) is 12. The van der Waals surface area contributed by atoms with E-state index in [9.17, 15) is 24.8 Å². The largest absolute Gasteiger partial charge is 0.461 e. The number of benzene rings is 1. The molecule has 5 rings (SSSR count). The molecule has 236 valence electrons. The van der Waals surface area contributed by atoms with Crippen molar-refractivity contribution >= 4 is 25.1 Å². The highest BCUT2D eigenvalue weighted by atomic mass is 31.2. The number of carbonyl (C=O) groups excluding carboxylic acids is 1. The number of aliphatic hydroxyl groups excluding tert-OH is 2. The topological polar surface area (TPSA) is 204 Å². The number of nitrogens with two attached hydrogens (primary N) is 1. The number of ether oxygens (including phenoxy) is 2. The highest BCUT2D eigenvalue weighted by Gasteiger charge is 2.57. The molecule has 5 N–H and O–H groups in total. The van der Waals surface area contributed by atoms with Crippen LogP contribution in [0.4, 0.5) is 5.82 Å². The number of carbonyl (C=O) groups is 1. The average molecular weight is 629 g/mol. The van der Waals surface area contributed by atoms with Crippen molar-refractivity contribution in [2.45, 2.75) is 87.9 Å². The Bertz CT molecular complexity index is 1530. The van der Waals surface area contributed by atoms with Gasteiger partial charge in [-0.25, -0.2) is 14.1 Å². The van der Waals surface area contributed by atoms with Crippen molar-refractivity contribution in [1.29, 1.82) is 5.26 Å². The summed E-state index contributed by atoms with van der Waals surface area (Å²) < 4.78 is 38.5. The minimum atomic E-state index is -4.42. The van der Waals surface area contributed by atoms with E-state index in [4.69, 9.17) is 24.3 Å². The van der Waals surface area contributed by atoms with Crippen molar-refractivity contribution in [2.24, 2.45) is 0 Å². The summed E-state index contributed by atoms with van der Waals surface area (Å²) in [7, 11) is -4.42. The van der Waals surface area contributed by atoms with Gasteiger partial charge in [-0.3, -0.25) is 9.32 Å². The summed E-state index contributed by atoms with van der Waals surface area (Å²) >= 11 is 0. The third kappa shape index (κ3) is 6.89. The van der Waals surface area contributed by atoms with E-state index in [0.29, 0.717) is 11.2 Å². The molecule has 1 saturated carbocycles. The van der Waals surface area contributed by atoms with E-state index >= 15 is 0 Å². The number of fused-ring (bicyclic) bond motifs is 1. The first kappa shape index (κ1) is 31.8. The number of anilines is 1. The van der Waals surface area contributed by atoms with Gasteiger partial charge in [-0.1, -0.05) is 37.5 Å². The van der Waals surface area contributed by atoms with Crippen molar-refractivity contribution in [3.05, 3.63) is 54.5 Å². The number of aliphatic hydroxyl groups is 2. The lowest BCUT2D eigenvalue weighted by Crippen LogP contribution is -2.46. The molecule has 0 bridgehead atoms. The Kier molecular flexibility index (Phi) is 9.84. The van der Waals surface area contributed by atoms with Crippen LogP contribution >= 0.6 is 7.75 Å². The molecule has 2 fully saturated rings. The lowest BCUT2D eigenvalue weighted by molar-refractivity contribution is -0.151. The molecule has 1 aliphatic carbocycles. The molecule has 6 atom stereocenters. The van der Waals surface area contributed by atoms with Gasteiger partial charge < -0.3 is 29.9 Å². The minimum Gasteiger partial charge on any atom is -0.461 e. The van der Waals surface area contributed by atoms with Crippen LogP contribution in [0.2, 0.25) is 0 Å². The smallest absolute Gasteiger partial charge is 0.459 e. The Hall–Kier alpha value is -3.57. The summed E-state index contributed by atoms with van der Waals surface area (Å²) in [6.07, 6.45) is 3.15. The summed E-state index contributed by atoms with van der Waals surface area (Å²) in [4.78, 5) is 17.0. The third-order valence-electron chi connectivity index (χ3n) is 7.90. The predicted octanol–water partition coefficient (Wildman–Crippen LogP) is 3.20. The number of hydrogen-bond donors (Lipinski definition) is 4. The first-order valence-electron chi connectivity index (χ1n) is 14.7. The van der Waals surface area contributed by atoms with Gasteiger partial charge in [0.25, 0.3) is 0 Å².